The van der Waals surface area contributed by atoms with Gasteiger partial charge < -0.3 is 10.2 Å². The fraction of sp³-hybridized carbons (Fsp3) is 0.571. The Bertz CT molecular complexity index is 597. The fourth-order valence-electron chi connectivity index (χ4n) is 3.27. The lowest BCUT2D eigenvalue weighted by Crippen LogP contribution is -2.24. The Balaban J connectivity index is 1.95. The minimum Gasteiger partial charge on any atom is -0.356 e. The predicted octanol–water partition coefficient (Wildman–Crippen LogP) is 1.02. The number of nitrogens with zero attached hydrogens (tertiary/aromatic N) is 4. The van der Waals surface area contributed by atoms with E-state index < -0.39 is 0 Å². The van der Waals surface area contributed by atoms with Crippen molar-refractivity contribution in [3.05, 3.63) is 23.5 Å². The molecule has 0 bridgehead atoms. The molecule has 2 aromatic rings. The second kappa shape index (κ2) is 4.49. The van der Waals surface area contributed by atoms with Crippen molar-refractivity contribution in [1.82, 2.24) is 19.9 Å². The number of fused-ring (bicyclic) bond motifs is 2. The summed E-state index contributed by atoms with van der Waals surface area (Å²) >= 11 is 0. The molecule has 2 aliphatic heterocycles. The molecule has 100 valence electrons. The van der Waals surface area contributed by atoms with E-state index in [1.165, 1.54) is 29.9 Å². The smallest absolute Gasteiger partial charge is 0.157 e. The maximum Gasteiger partial charge on any atom is 0.157 e. The number of anilines is 1. The van der Waals surface area contributed by atoms with Gasteiger partial charge in [0, 0.05) is 37.7 Å². The van der Waals surface area contributed by atoms with Crippen LogP contribution in [0.15, 0.2) is 12.3 Å². The summed E-state index contributed by atoms with van der Waals surface area (Å²) in [6, 6.07) is 2.01. The first-order valence-corrected chi connectivity index (χ1v) is 7.24. The van der Waals surface area contributed by atoms with Gasteiger partial charge in [-0.05, 0) is 25.8 Å². The van der Waals surface area contributed by atoms with Crippen molar-refractivity contribution in [2.75, 3.05) is 31.1 Å². The van der Waals surface area contributed by atoms with Gasteiger partial charge in [-0.2, -0.15) is 9.61 Å². The molecule has 0 saturated carbocycles. The molecular formula is C14H19N5. The first-order chi connectivity index (χ1) is 9.43. The van der Waals surface area contributed by atoms with Crippen LogP contribution in [0.3, 0.4) is 0 Å². The lowest BCUT2D eigenvalue weighted by Gasteiger charge is -2.23. The van der Waals surface area contributed by atoms with Gasteiger partial charge in [0.05, 0.1) is 11.9 Å². The van der Waals surface area contributed by atoms with Crippen LogP contribution in [0.25, 0.3) is 5.65 Å². The predicted molar refractivity (Wildman–Crippen MR) is 74.7 cm³/mol. The first-order valence-electron chi connectivity index (χ1n) is 7.24. The van der Waals surface area contributed by atoms with Crippen LogP contribution < -0.4 is 10.2 Å². The van der Waals surface area contributed by atoms with Crippen LogP contribution in [-0.4, -0.2) is 40.8 Å². The Morgan fingerprint density at radius 2 is 1.95 bits per heavy atom. The average molecular weight is 257 g/mol. The van der Waals surface area contributed by atoms with E-state index in [1.807, 2.05) is 16.8 Å². The van der Waals surface area contributed by atoms with E-state index in [0.717, 1.165) is 44.7 Å². The molecule has 19 heavy (non-hydrogen) atoms. The summed E-state index contributed by atoms with van der Waals surface area (Å²) in [5, 5.41) is 7.96. The topological polar surface area (TPSA) is 45.5 Å². The van der Waals surface area contributed by atoms with Crippen LogP contribution in [0.2, 0.25) is 0 Å². The Labute approximate surface area is 112 Å². The largest absolute Gasteiger partial charge is 0.356 e. The van der Waals surface area contributed by atoms with Gasteiger partial charge in [-0.1, -0.05) is 0 Å². The van der Waals surface area contributed by atoms with Gasteiger partial charge in [0.1, 0.15) is 5.82 Å². The SMILES string of the molecule is c1cc2nc3c(c(N4CCCC4)n2n1)CCNCC3. The summed E-state index contributed by atoms with van der Waals surface area (Å²) in [6.45, 7) is 4.38. The standard InChI is InChI=1S/C14H19N5/c1-2-10-18(9-1)14-11-3-6-15-7-4-12(11)17-13-5-8-16-19(13)14/h5,8,15H,1-4,6-7,9-10H2. The molecule has 0 unspecified atom stereocenters. The van der Waals surface area contributed by atoms with E-state index >= 15 is 0 Å². The molecule has 0 aliphatic carbocycles. The second-order valence-electron chi connectivity index (χ2n) is 5.41. The molecule has 0 amide bonds. The van der Waals surface area contributed by atoms with E-state index in [2.05, 4.69) is 15.3 Å². The Morgan fingerprint density at radius 3 is 2.84 bits per heavy atom. The number of nitrogens with one attached hydrogen (secondary N) is 1. The minimum absolute atomic E-state index is 0.988. The molecule has 0 radical (unpaired) electrons. The van der Waals surface area contributed by atoms with Crippen molar-refractivity contribution < 1.29 is 0 Å². The molecule has 0 spiro atoms. The van der Waals surface area contributed by atoms with Crippen LogP contribution in [0.5, 0.6) is 0 Å². The molecular weight excluding hydrogens is 238 g/mol. The summed E-state index contributed by atoms with van der Waals surface area (Å²) in [5.41, 5.74) is 3.66. The van der Waals surface area contributed by atoms with Gasteiger partial charge >= 0.3 is 0 Å². The van der Waals surface area contributed by atoms with E-state index in [0.29, 0.717) is 0 Å². The molecule has 5 heteroatoms. The number of aromatic nitrogens is 3. The molecule has 1 fully saturated rings. The van der Waals surface area contributed by atoms with E-state index in [9.17, 15) is 0 Å². The van der Waals surface area contributed by atoms with Crippen LogP contribution >= 0.6 is 0 Å². The summed E-state index contributed by atoms with van der Waals surface area (Å²) < 4.78 is 2.04. The van der Waals surface area contributed by atoms with E-state index in [-0.39, 0.29) is 0 Å². The second-order valence-corrected chi connectivity index (χ2v) is 5.41. The van der Waals surface area contributed by atoms with E-state index in [1.54, 1.807) is 0 Å². The molecule has 4 heterocycles. The molecule has 1 N–H and O–H groups in total. The normalized spacial score (nSPS) is 19.7. The van der Waals surface area contributed by atoms with Gasteiger partial charge in [-0.25, -0.2) is 4.98 Å². The first kappa shape index (κ1) is 11.2. The quantitative estimate of drug-likeness (QED) is 0.828. The van der Waals surface area contributed by atoms with Crippen LogP contribution in [0, 0.1) is 0 Å². The molecule has 5 nitrogen and oxygen atoms in total. The molecule has 4 rings (SSSR count). The highest BCUT2D eigenvalue weighted by Crippen LogP contribution is 2.28. The lowest BCUT2D eigenvalue weighted by molar-refractivity contribution is 0.708. The van der Waals surface area contributed by atoms with Gasteiger partial charge in [-0.3, -0.25) is 0 Å². The fourth-order valence-corrected chi connectivity index (χ4v) is 3.27. The summed E-state index contributed by atoms with van der Waals surface area (Å²) in [6.07, 6.45) is 6.53. The van der Waals surface area contributed by atoms with Crippen LogP contribution in [0.1, 0.15) is 24.1 Å². The van der Waals surface area contributed by atoms with Gasteiger partial charge in [-0.15, -0.1) is 0 Å². The van der Waals surface area contributed by atoms with E-state index in [4.69, 9.17) is 4.98 Å². The zero-order chi connectivity index (χ0) is 12.7. The Kier molecular flexibility index (Phi) is 2.65. The molecule has 1 saturated heterocycles. The Hall–Kier alpha value is -1.62. The maximum atomic E-state index is 4.80. The van der Waals surface area contributed by atoms with Crippen molar-refractivity contribution in [3.63, 3.8) is 0 Å². The minimum atomic E-state index is 0.988. The summed E-state index contributed by atoms with van der Waals surface area (Å²) in [5.74, 6) is 1.30. The number of hydrogen-bond acceptors (Lipinski definition) is 4. The number of rotatable bonds is 1. The molecule has 2 aliphatic rings. The lowest BCUT2D eigenvalue weighted by atomic mass is 10.1. The highest BCUT2D eigenvalue weighted by Gasteiger charge is 2.23. The van der Waals surface area contributed by atoms with Crippen molar-refractivity contribution in [2.24, 2.45) is 0 Å². The van der Waals surface area contributed by atoms with Crippen LogP contribution in [-0.2, 0) is 12.8 Å². The third-order valence-electron chi connectivity index (χ3n) is 4.19. The third kappa shape index (κ3) is 1.80. The van der Waals surface area contributed by atoms with Crippen molar-refractivity contribution in [3.8, 4) is 0 Å². The van der Waals surface area contributed by atoms with Crippen molar-refractivity contribution in [1.29, 1.82) is 0 Å². The summed E-state index contributed by atoms with van der Waals surface area (Å²) in [7, 11) is 0. The molecule has 2 aromatic heterocycles. The Morgan fingerprint density at radius 1 is 1.11 bits per heavy atom. The zero-order valence-electron chi connectivity index (χ0n) is 11.1. The van der Waals surface area contributed by atoms with Crippen molar-refractivity contribution >= 4 is 11.5 Å². The zero-order valence-corrected chi connectivity index (χ0v) is 11.1. The average Bonchev–Trinajstić information content (AvgIpc) is 3.04. The van der Waals surface area contributed by atoms with Gasteiger partial charge in [0.2, 0.25) is 0 Å². The molecule has 0 atom stereocenters. The van der Waals surface area contributed by atoms with Crippen molar-refractivity contribution in [2.45, 2.75) is 25.7 Å². The van der Waals surface area contributed by atoms with Gasteiger partial charge in [0.25, 0.3) is 0 Å². The van der Waals surface area contributed by atoms with Gasteiger partial charge in [0.15, 0.2) is 5.65 Å². The summed E-state index contributed by atoms with van der Waals surface area (Å²) in [4.78, 5) is 7.29. The highest BCUT2D eigenvalue weighted by molar-refractivity contribution is 5.58. The maximum absolute atomic E-state index is 4.80. The monoisotopic (exact) mass is 257 g/mol. The third-order valence-corrected chi connectivity index (χ3v) is 4.19. The molecule has 0 aromatic carbocycles. The highest BCUT2D eigenvalue weighted by atomic mass is 15.3. The van der Waals surface area contributed by atoms with Crippen LogP contribution in [0.4, 0.5) is 5.82 Å². The number of hydrogen-bond donors (Lipinski definition) is 1.